The minimum absolute atomic E-state index is 0.490. The number of nitrogens with one attached hydrogen (secondary N) is 1. The number of nitrogens with zero attached hydrogens (tertiary/aromatic N) is 3. The second kappa shape index (κ2) is 5.80. The molecule has 1 aromatic carbocycles. The highest BCUT2D eigenvalue weighted by atomic mass is 35.5. The SMILES string of the molecule is C/C(=N\Nc1nc(C)cc(C)n1)c1ccccc1Cl. The van der Waals surface area contributed by atoms with Gasteiger partial charge in [0.25, 0.3) is 0 Å². The van der Waals surface area contributed by atoms with E-state index in [9.17, 15) is 0 Å². The number of hydrazone groups is 1. The van der Waals surface area contributed by atoms with Crippen LogP contribution in [0.4, 0.5) is 5.95 Å². The number of benzene rings is 1. The van der Waals surface area contributed by atoms with Crippen LogP contribution in [-0.4, -0.2) is 15.7 Å². The molecule has 0 aliphatic carbocycles. The van der Waals surface area contributed by atoms with Crippen LogP contribution in [0.1, 0.15) is 23.9 Å². The Morgan fingerprint density at radius 2 is 1.79 bits per heavy atom. The Morgan fingerprint density at radius 1 is 1.16 bits per heavy atom. The molecule has 1 N–H and O–H groups in total. The highest BCUT2D eigenvalue weighted by molar-refractivity contribution is 6.34. The van der Waals surface area contributed by atoms with E-state index < -0.39 is 0 Å². The molecule has 0 atom stereocenters. The molecule has 0 amide bonds. The van der Waals surface area contributed by atoms with Gasteiger partial charge >= 0.3 is 0 Å². The first-order chi connectivity index (χ1) is 9.06. The molecular weight excluding hydrogens is 260 g/mol. The van der Waals surface area contributed by atoms with Gasteiger partial charge in [0.1, 0.15) is 0 Å². The van der Waals surface area contributed by atoms with E-state index in [4.69, 9.17) is 11.6 Å². The lowest BCUT2D eigenvalue weighted by Gasteiger charge is -2.05. The molecule has 0 aliphatic heterocycles. The molecule has 0 radical (unpaired) electrons. The van der Waals surface area contributed by atoms with Gasteiger partial charge in [0.15, 0.2) is 0 Å². The molecule has 0 unspecified atom stereocenters. The van der Waals surface area contributed by atoms with E-state index in [0.717, 1.165) is 22.7 Å². The van der Waals surface area contributed by atoms with Crippen molar-refractivity contribution in [1.29, 1.82) is 0 Å². The number of rotatable bonds is 3. The molecule has 5 heteroatoms. The molecule has 0 fully saturated rings. The first-order valence-corrected chi connectivity index (χ1v) is 6.31. The molecule has 0 saturated carbocycles. The van der Waals surface area contributed by atoms with Gasteiger partial charge in [-0.05, 0) is 32.9 Å². The third-order valence-electron chi connectivity index (χ3n) is 2.57. The lowest BCUT2D eigenvalue weighted by atomic mass is 10.1. The highest BCUT2D eigenvalue weighted by Gasteiger charge is 2.03. The van der Waals surface area contributed by atoms with E-state index in [-0.39, 0.29) is 0 Å². The summed E-state index contributed by atoms with van der Waals surface area (Å²) in [6, 6.07) is 9.48. The average molecular weight is 275 g/mol. The van der Waals surface area contributed by atoms with Crippen molar-refractivity contribution in [1.82, 2.24) is 9.97 Å². The van der Waals surface area contributed by atoms with Crippen LogP contribution in [0.2, 0.25) is 5.02 Å². The Kier molecular flexibility index (Phi) is 4.12. The maximum Gasteiger partial charge on any atom is 0.243 e. The van der Waals surface area contributed by atoms with Gasteiger partial charge in [-0.2, -0.15) is 5.10 Å². The number of halogens is 1. The first-order valence-electron chi connectivity index (χ1n) is 5.94. The van der Waals surface area contributed by atoms with Crippen molar-refractivity contribution in [2.75, 3.05) is 5.43 Å². The fraction of sp³-hybridized carbons (Fsp3) is 0.214. The minimum atomic E-state index is 0.490. The number of hydrogen-bond donors (Lipinski definition) is 1. The fourth-order valence-corrected chi connectivity index (χ4v) is 2.00. The minimum Gasteiger partial charge on any atom is -0.245 e. The second-order valence-electron chi connectivity index (χ2n) is 4.26. The predicted molar refractivity (Wildman–Crippen MR) is 78.8 cm³/mol. The topological polar surface area (TPSA) is 50.2 Å². The Morgan fingerprint density at radius 3 is 2.42 bits per heavy atom. The van der Waals surface area contributed by atoms with Crippen molar-refractivity contribution in [2.24, 2.45) is 5.10 Å². The van der Waals surface area contributed by atoms with E-state index in [1.165, 1.54) is 0 Å². The molecule has 0 spiro atoms. The summed E-state index contributed by atoms with van der Waals surface area (Å²) in [4.78, 5) is 8.52. The van der Waals surface area contributed by atoms with Gasteiger partial charge in [-0.1, -0.05) is 29.8 Å². The van der Waals surface area contributed by atoms with Gasteiger partial charge in [0.2, 0.25) is 5.95 Å². The zero-order valence-corrected chi connectivity index (χ0v) is 11.9. The van der Waals surface area contributed by atoms with Gasteiger partial charge in [0, 0.05) is 22.0 Å². The number of aryl methyl sites for hydroxylation is 2. The Balaban J connectivity index is 2.20. The maximum absolute atomic E-state index is 6.11. The largest absolute Gasteiger partial charge is 0.245 e. The zero-order chi connectivity index (χ0) is 13.8. The number of anilines is 1. The molecule has 1 heterocycles. The lowest BCUT2D eigenvalue weighted by molar-refractivity contribution is 1.03. The lowest BCUT2D eigenvalue weighted by Crippen LogP contribution is -2.04. The molecule has 1 aromatic heterocycles. The quantitative estimate of drug-likeness (QED) is 0.687. The summed E-state index contributed by atoms with van der Waals surface area (Å²) in [7, 11) is 0. The molecule has 0 bridgehead atoms. The molecule has 19 heavy (non-hydrogen) atoms. The van der Waals surface area contributed by atoms with E-state index >= 15 is 0 Å². The van der Waals surface area contributed by atoms with Gasteiger partial charge in [0.05, 0.1) is 5.71 Å². The summed E-state index contributed by atoms with van der Waals surface area (Å²) in [6.45, 7) is 5.73. The molecule has 0 aliphatic rings. The van der Waals surface area contributed by atoms with Crippen LogP contribution < -0.4 is 5.43 Å². The van der Waals surface area contributed by atoms with E-state index in [1.54, 1.807) is 0 Å². The van der Waals surface area contributed by atoms with Crippen molar-refractivity contribution >= 4 is 23.3 Å². The maximum atomic E-state index is 6.11. The van der Waals surface area contributed by atoms with Gasteiger partial charge in [-0.3, -0.25) is 0 Å². The zero-order valence-electron chi connectivity index (χ0n) is 11.1. The average Bonchev–Trinajstić information content (AvgIpc) is 2.35. The van der Waals surface area contributed by atoms with Crippen molar-refractivity contribution in [3.8, 4) is 0 Å². The summed E-state index contributed by atoms with van der Waals surface area (Å²) >= 11 is 6.11. The molecule has 4 nitrogen and oxygen atoms in total. The highest BCUT2D eigenvalue weighted by Crippen LogP contribution is 2.16. The van der Waals surface area contributed by atoms with Crippen molar-refractivity contribution < 1.29 is 0 Å². The van der Waals surface area contributed by atoms with Crippen LogP contribution in [0, 0.1) is 13.8 Å². The molecule has 98 valence electrons. The van der Waals surface area contributed by atoms with Gasteiger partial charge in [-0.15, -0.1) is 0 Å². The number of aromatic nitrogens is 2. The Labute approximate surface area is 117 Å². The summed E-state index contributed by atoms with van der Waals surface area (Å²) < 4.78 is 0. The van der Waals surface area contributed by atoms with Crippen molar-refractivity contribution in [2.45, 2.75) is 20.8 Å². The van der Waals surface area contributed by atoms with Crippen LogP contribution in [0.15, 0.2) is 35.4 Å². The van der Waals surface area contributed by atoms with E-state index in [0.29, 0.717) is 11.0 Å². The van der Waals surface area contributed by atoms with Crippen LogP contribution in [0.3, 0.4) is 0 Å². The van der Waals surface area contributed by atoms with Gasteiger partial charge < -0.3 is 0 Å². The molecular formula is C14H15ClN4. The van der Waals surface area contributed by atoms with Crippen LogP contribution >= 0.6 is 11.6 Å². The van der Waals surface area contributed by atoms with E-state index in [2.05, 4.69) is 20.5 Å². The molecule has 0 saturated heterocycles. The van der Waals surface area contributed by atoms with Crippen LogP contribution in [0.25, 0.3) is 0 Å². The third-order valence-corrected chi connectivity index (χ3v) is 2.90. The first kappa shape index (κ1) is 13.5. The van der Waals surface area contributed by atoms with E-state index in [1.807, 2.05) is 51.1 Å². The fourth-order valence-electron chi connectivity index (χ4n) is 1.72. The van der Waals surface area contributed by atoms with Crippen molar-refractivity contribution in [3.05, 3.63) is 52.3 Å². The van der Waals surface area contributed by atoms with Gasteiger partial charge in [-0.25, -0.2) is 15.4 Å². The summed E-state index contributed by atoms with van der Waals surface area (Å²) in [5.41, 5.74) is 6.34. The second-order valence-corrected chi connectivity index (χ2v) is 4.67. The predicted octanol–water partition coefficient (Wildman–Crippen LogP) is 3.58. The molecule has 2 rings (SSSR count). The monoisotopic (exact) mass is 274 g/mol. The Hall–Kier alpha value is -1.94. The summed E-state index contributed by atoms with van der Waals surface area (Å²) in [6.07, 6.45) is 0. The molecule has 2 aromatic rings. The summed E-state index contributed by atoms with van der Waals surface area (Å²) in [5.74, 6) is 0.490. The van der Waals surface area contributed by atoms with Crippen LogP contribution in [-0.2, 0) is 0 Å². The normalized spacial score (nSPS) is 11.5. The summed E-state index contributed by atoms with van der Waals surface area (Å²) in [5, 5.41) is 4.94. The standard InChI is InChI=1S/C14H15ClN4/c1-9-8-10(2)17-14(16-9)19-18-11(3)12-6-4-5-7-13(12)15/h4-8H,1-3H3,(H,16,17,19)/b18-11+. The smallest absolute Gasteiger partial charge is 0.243 e. The van der Waals surface area contributed by atoms with Crippen molar-refractivity contribution in [3.63, 3.8) is 0 Å². The third kappa shape index (κ3) is 3.51. The van der Waals surface area contributed by atoms with Crippen LogP contribution in [0.5, 0.6) is 0 Å². The number of hydrogen-bond acceptors (Lipinski definition) is 4. The Bertz CT molecular complexity index is 602.